The molecule has 3 nitrogen and oxygen atoms in total. The second-order valence-electron chi connectivity index (χ2n) is 7.08. The number of likely N-dealkylation sites (tertiary alicyclic amines) is 1. The van der Waals surface area contributed by atoms with Crippen molar-refractivity contribution in [2.45, 2.75) is 45.6 Å². The van der Waals surface area contributed by atoms with Crippen LogP contribution in [-0.4, -0.2) is 43.7 Å². The molecular formula is C19H30N2O. The minimum Gasteiger partial charge on any atom is -0.490 e. The Morgan fingerprint density at radius 1 is 1.09 bits per heavy atom. The van der Waals surface area contributed by atoms with E-state index in [1.165, 1.54) is 69.5 Å². The molecule has 2 aliphatic heterocycles. The summed E-state index contributed by atoms with van der Waals surface area (Å²) < 4.78 is 6.27. The van der Waals surface area contributed by atoms with Crippen LogP contribution in [0.15, 0.2) is 18.2 Å². The Morgan fingerprint density at radius 3 is 2.55 bits per heavy atom. The fourth-order valence-corrected chi connectivity index (χ4v) is 3.65. The van der Waals surface area contributed by atoms with Crippen LogP contribution in [0.2, 0.25) is 0 Å². The van der Waals surface area contributed by atoms with Crippen molar-refractivity contribution in [1.29, 1.82) is 0 Å². The zero-order valence-electron chi connectivity index (χ0n) is 14.1. The highest BCUT2D eigenvalue weighted by atomic mass is 16.5. The first-order valence-corrected chi connectivity index (χ1v) is 8.87. The number of benzene rings is 1. The summed E-state index contributed by atoms with van der Waals surface area (Å²) in [6.45, 7) is 10.4. The third kappa shape index (κ3) is 4.23. The van der Waals surface area contributed by atoms with Crippen LogP contribution in [0.3, 0.4) is 0 Å². The molecule has 3 heteroatoms. The van der Waals surface area contributed by atoms with Crippen molar-refractivity contribution in [1.82, 2.24) is 10.2 Å². The highest BCUT2D eigenvalue weighted by Gasteiger charge is 2.23. The van der Waals surface area contributed by atoms with Gasteiger partial charge >= 0.3 is 0 Å². The Kier molecular flexibility index (Phi) is 5.37. The number of hydrogen-bond donors (Lipinski definition) is 1. The van der Waals surface area contributed by atoms with E-state index in [2.05, 4.69) is 42.3 Å². The predicted octanol–water partition coefficient (Wildman–Crippen LogP) is 3.15. The lowest BCUT2D eigenvalue weighted by Crippen LogP contribution is -2.42. The highest BCUT2D eigenvalue weighted by molar-refractivity contribution is 5.36. The second kappa shape index (κ2) is 7.47. The van der Waals surface area contributed by atoms with Gasteiger partial charge in [-0.05, 0) is 75.7 Å². The average Bonchev–Trinajstić information content (AvgIpc) is 2.54. The first-order chi connectivity index (χ1) is 10.7. The van der Waals surface area contributed by atoms with E-state index in [4.69, 9.17) is 4.74 Å². The Bertz CT molecular complexity index is 474. The van der Waals surface area contributed by atoms with Gasteiger partial charge < -0.3 is 15.0 Å². The van der Waals surface area contributed by atoms with Crippen LogP contribution in [0.5, 0.6) is 5.75 Å². The highest BCUT2D eigenvalue weighted by Crippen LogP contribution is 2.24. The standard InChI is InChI=1S/C19H30N2O/c1-15-3-4-16(2)19(13-15)22-18-7-11-21(12-8-18)14-17-5-9-20-10-6-17/h3-4,13,17-18,20H,5-12,14H2,1-2H3. The maximum absolute atomic E-state index is 6.27. The lowest BCUT2D eigenvalue weighted by Gasteiger charge is -2.35. The first-order valence-electron chi connectivity index (χ1n) is 8.87. The zero-order valence-corrected chi connectivity index (χ0v) is 14.1. The van der Waals surface area contributed by atoms with E-state index >= 15 is 0 Å². The smallest absolute Gasteiger partial charge is 0.122 e. The summed E-state index contributed by atoms with van der Waals surface area (Å²) >= 11 is 0. The lowest BCUT2D eigenvalue weighted by atomic mass is 9.96. The van der Waals surface area contributed by atoms with E-state index in [9.17, 15) is 0 Å². The van der Waals surface area contributed by atoms with Gasteiger partial charge in [0.25, 0.3) is 0 Å². The van der Waals surface area contributed by atoms with Gasteiger partial charge in [-0.25, -0.2) is 0 Å². The van der Waals surface area contributed by atoms with Gasteiger partial charge in [0.1, 0.15) is 11.9 Å². The van der Waals surface area contributed by atoms with Crippen LogP contribution >= 0.6 is 0 Å². The normalized spacial score (nSPS) is 21.9. The fourth-order valence-electron chi connectivity index (χ4n) is 3.65. The molecule has 22 heavy (non-hydrogen) atoms. The Morgan fingerprint density at radius 2 is 1.82 bits per heavy atom. The van der Waals surface area contributed by atoms with Crippen molar-refractivity contribution in [2.75, 3.05) is 32.7 Å². The van der Waals surface area contributed by atoms with Crippen LogP contribution in [0.1, 0.15) is 36.8 Å². The van der Waals surface area contributed by atoms with Crippen molar-refractivity contribution < 1.29 is 4.74 Å². The van der Waals surface area contributed by atoms with E-state index in [1.54, 1.807) is 0 Å². The Balaban J connectivity index is 1.46. The predicted molar refractivity (Wildman–Crippen MR) is 91.6 cm³/mol. The van der Waals surface area contributed by atoms with Crippen molar-refractivity contribution in [3.8, 4) is 5.75 Å². The summed E-state index contributed by atoms with van der Waals surface area (Å²) in [4.78, 5) is 2.65. The summed E-state index contributed by atoms with van der Waals surface area (Å²) in [6.07, 6.45) is 5.42. The van der Waals surface area contributed by atoms with E-state index in [0.717, 1.165) is 11.7 Å². The molecule has 0 aromatic heterocycles. The number of rotatable bonds is 4. The van der Waals surface area contributed by atoms with E-state index in [0.29, 0.717) is 6.10 Å². The number of nitrogens with zero attached hydrogens (tertiary/aromatic N) is 1. The quantitative estimate of drug-likeness (QED) is 0.925. The molecule has 1 N–H and O–H groups in total. The third-order valence-electron chi connectivity index (χ3n) is 5.15. The molecule has 2 aliphatic rings. The summed E-state index contributed by atoms with van der Waals surface area (Å²) in [5.41, 5.74) is 2.53. The topological polar surface area (TPSA) is 24.5 Å². The Hall–Kier alpha value is -1.06. The molecule has 2 saturated heterocycles. The van der Waals surface area contributed by atoms with Crippen LogP contribution in [0.4, 0.5) is 0 Å². The largest absolute Gasteiger partial charge is 0.490 e. The minimum atomic E-state index is 0.393. The lowest BCUT2D eigenvalue weighted by molar-refractivity contribution is 0.0868. The van der Waals surface area contributed by atoms with E-state index in [-0.39, 0.29) is 0 Å². The zero-order chi connectivity index (χ0) is 15.4. The molecule has 0 unspecified atom stereocenters. The van der Waals surface area contributed by atoms with Gasteiger partial charge in [-0.15, -0.1) is 0 Å². The van der Waals surface area contributed by atoms with Crippen molar-refractivity contribution >= 4 is 0 Å². The fraction of sp³-hybridized carbons (Fsp3) is 0.684. The van der Waals surface area contributed by atoms with Gasteiger partial charge in [0.15, 0.2) is 0 Å². The average molecular weight is 302 g/mol. The number of hydrogen-bond acceptors (Lipinski definition) is 3. The van der Waals surface area contributed by atoms with E-state index < -0.39 is 0 Å². The van der Waals surface area contributed by atoms with Crippen molar-refractivity contribution in [3.63, 3.8) is 0 Å². The van der Waals surface area contributed by atoms with Crippen LogP contribution in [0.25, 0.3) is 0 Å². The molecule has 122 valence electrons. The molecule has 1 aromatic rings. The molecule has 0 atom stereocenters. The van der Waals surface area contributed by atoms with Crippen LogP contribution < -0.4 is 10.1 Å². The van der Waals surface area contributed by atoms with Crippen LogP contribution in [-0.2, 0) is 0 Å². The van der Waals surface area contributed by atoms with Gasteiger partial charge in [-0.3, -0.25) is 0 Å². The summed E-state index contributed by atoms with van der Waals surface area (Å²) in [6, 6.07) is 6.50. The molecule has 0 saturated carbocycles. The summed E-state index contributed by atoms with van der Waals surface area (Å²) in [5, 5.41) is 3.46. The van der Waals surface area contributed by atoms with Crippen molar-refractivity contribution in [2.24, 2.45) is 5.92 Å². The van der Waals surface area contributed by atoms with Gasteiger partial charge in [0, 0.05) is 19.6 Å². The first kappa shape index (κ1) is 15.8. The maximum Gasteiger partial charge on any atom is 0.122 e. The molecule has 0 aliphatic carbocycles. The summed E-state index contributed by atoms with van der Waals surface area (Å²) in [7, 11) is 0. The number of aryl methyl sites for hydroxylation is 2. The maximum atomic E-state index is 6.27. The molecule has 0 spiro atoms. The molecule has 0 amide bonds. The van der Waals surface area contributed by atoms with Gasteiger partial charge in [0.05, 0.1) is 0 Å². The minimum absolute atomic E-state index is 0.393. The number of nitrogens with one attached hydrogen (secondary N) is 1. The molecule has 2 fully saturated rings. The van der Waals surface area contributed by atoms with Gasteiger partial charge in [0.2, 0.25) is 0 Å². The van der Waals surface area contributed by atoms with Gasteiger partial charge in [-0.2, -0.15) is 0 Å². The molecule has 2 heterocycles. The molecular weight excluding hydrogens is 272 g/mol. The monoisotopic (exact) mass is 302 g/mol. The van der Waals surface area contributed by atoms with Crippen molar-refractivity contribution in [3.05, 3.63) is 29.3 Å². The van der Waals surface area contributed by atoms with E-state index in [1.807, 2.05) is 0 Å². The SMILES string of the molecule is Cc1ccc(C)c(OC2CCN(CC3CCNCC3)CC2)c1. The number of piperidine rings is 2. The number of ether oxygens (including phenoxy) is 1. The molecule has 0 radical (unpaired) electrons. The molecule has 0 bridgehead atoms. The molecule has 3 rings (SSSR count). The second-order valence-corrected chi connectivity index (χ2v) is 7.08. The summed E-state index contributed by atoms with van der Waals surface area (Å²) in [5.74, 6) is 1.98. The molecule has 1 aromatic carbocycles. The Labute approximate surface area is 135 Å². The van der Waals surface area contributed by atoms with Gasteiger partial charge in [-0.1, -0.05) is 12.1 Å². The third-order valence-corrected chi connectivity index (χ3v) is 5.15. The van der Waals surface area contributed by atoms with Crippen LogP contribution in [0, 0.1) is 19.8 Å².